The number of thiophene rings is 1. The minimum absolute atomic E-state index is 0.0597. The summed E-state index contributed by atoms with van der Waals surface area (Å²) in [4.78, 5) is 24.5. The molecule has 1 aliphatic heterocycles. The van der Waals surface area contributed by atoms with E-state index in [1.165, 1.54) is 4.88 Å². The molecule has 2 aromatic rings. The van der Waals surface area contributed by atoms with E-state index in [0.29, 0.717) is 24.9 Å². The lowest BCUT2D eigenvalue weighted by atomic mass is 10.0. The summed E-state index contributed by atoms with van der Waals surface area (Å²) in [5.41, 5.74) is 4.88. The van der Waals surface area contributed by atoms with E-state index in [4.69, 9.17) is 0 Å². The first-order chi connectivity index (χ1) is 11.2. The highest BCUT2D eigenvalue weighted by Crippen LogP contribution is 2.12. The molecule has 0 saturated heterocycles. The number of benzene rings is 1. The molecule has 0 atom stereocenters. The molecule has 2 N–H and O–H groups in total. The Bertz CT molecular complexity index is 721. The number of carbonyl (C=O) groups excluding carboxylic acids is 2. The van der Waals surface area contributed by atoms with Crippen LogP contribution in [-0.2, 0) is 11.2 Å². The van der Waals surface area contributed by atoms with Crippen molar-refractivity contribution in [3.05, 3.63) is 57.8 Å². The third kappa shape index (κ3) is 4.04. The van der Waals surface area contributed by atoms with Crippen LogP contribution in [-0.4, -0.2) is 24.1 Å². The molecule has 1 aliphatic rings. The van der Waals surface area contributed by atoms with E-state index >= 15 is 0 Å². The van der Waals surface area contributed by atoms with Crippen molar-refractivity contribution >= 4 is 28.9 Å². The lowest BCUT2D eigenvalue weighted by Crippen LogP contribution is -2.26. The molecule has 0 aliphatic carbocycles. The smallest absolute Gasteiger partial charge is 0.251 e. The van der Waals surface area contributed by atoms with Crippen LogP contribution in [0.5, 0.6) is 0 Å². The Hall–Kier alpha value is -2.47. The van der Waals surface area contributed by atoms with Crippen LogP contribution in [0.3, 0.4) is 0 Å². The second-order valence-electron chi connectivity index (χ2n) is 5.26. The summed E-state index contributed by atoms with van der Waals surface area (Å²) >= 11 is 1.69. The molecule has 1 aromatic carbocycles. The number of hydrogen-bond acceptors (Lipinski definition) is 4. The highest BCUT2D eigenvalue weighted by Gasteiger charge is 2.13. The van der Waals surface area contributed by atoms with Crippen LogP contribution in [0, 0.1) is 0 Å². The molecule has 23 heavy (non-hydrogen) atoms. The molecule has 118 valence electrons. The van der Waals surface area contributed by atoms with Gasteiger partial charge in [-0.25, -0.2) is 5.43 Å². The maximum absolute atomic E-state index is 12.1. The van der Waals surface area contributed by atoms with Crippen molar-refractivity contribution in [2.45, 2.75) is 19.3 Å². The predicted molar refractivity (Wildman–Crippen MR) is 90.7 cm³/mol. The molecular formula is C17H17N3O2S. The van der Waals surface area contributed by atoms with Gasteiger partial charge in [0.05, 0.1) is 5.71 Å². The number of amides is 2. The van der Waals surface area contributed by atoms with Crippen LogP contribution < -0.4 is 10.7 Å². The first-order valence-corrected chi connectivity index (χ1v) is 8.37. The fraction of sp³-hybridized carbons (Fsp3) is 0.235. The maximum Gasteiger partial charge on any atom is 0.251 e. The average Bonchev–Trinajstić information content (AvgIpc) is 3.09. The number of hydrazone groups is 1. The van der Waals surface area contributed by atoms with E-state index in [2.05, 4.69) is 21.9 Å². The molecule has 0 radical (unpaired) electrons. The largest absolute Gasteiger partial charge is 0.352 e. The molecule has 5 nitrogen and oxygen atoms in total. The van der Waals surface area contributed by atoms with Gasteiger partial charge in [-0.3, -0.25) is 9.59 Å². The molecule has 1 aromatic heterocycles. The topological polar surface area (TPSA) is 70.6 Å². The zero-order valence-electron chi connectivity index (χ0n) is 12.5. The normalized spacial score (nSPS) is 14.1. The van der Waals surface area contributed by atoms with Crippen LogP contribution in [0.15, 0.2) is 46.9 Å². The van der Waals surface area contributed by atoms with Crippen molar-refractivity contribution < 1.29 is 9.59 Å². The van der Waals surface area contributed by atoms with Gasteiger partial charge in [-0.1, -0.05) is 18.2 Å². The summed E-state index contributed by atoms with van der Waals surface area (Å²) in [7, 11) is 0. The van der Waals surface area contributed by atoms with Gasteiger partial charge in [0.2, 0.25) is 5.91 Å². The molecule has 0 bridgehead atoms. The molecule has 2 heterocycles. The predicted octanol–water partition coefficient (Wildman–Crippen LogP) is 2.33. The zero-order valence-corrected chi connectivity index (χ0v) is 13.4. The minimum Gasteiger partial charge on any atom is -0.352 e. The third-order valence-corrected chi connectivity index (χ3v) is 4.56. The lowest BCUT2D eigenvalue weighted by molar-refractivity contribution is -0.121. The number of carbonyl (C=O) groups is 2. The zero-order chi connectivity index (χ0) is 16.1. The summed E-state index contributed by atoms with van der Waals surface area (Å²) < 4.78 is 0. The number of rotatable bonds is 5. The Kier molecular flexibility index (Phi) is 4.83. The van der Waals surface area contributed by atoms with Crippen LogP contribution in [0.2, 0.25) is 0 Å². The average molecular weight is 327 g/mol. The maximum atomic E-state index is 12.1. The molecule has 0 unspecified atom stereocenters. The van der Waals surface area contributed by atoms with E-state index in [1.807, 2.05) is 23.6 Å². The van der Waals surface area contributed by atoms with Crippen LogP contribution in [0.1, 0.15) is 33.6 Å². The van der Waals surface area contributed by atoms with E-state index in [0.717, 1.165) is 17.7 Å². The third-order valence-electron chi connectivity index (χ3n) is 3.62. The minimum atomic E-state index is -0.0769. The van der Waals surface area contributed by atoms with Gasteiger partial charge in [0, 0.05) is 29.8 Å². The fourth-order valence-electron chi connectivity index (χ4n) is 2.35. The van der Waals surface area contributed by atoms with Crippen molar-refractivity contribution in [3.63, 3.8) is 0 Å². The molecular weight excluding hydrogens is 310 g/mol. The van der Waals surface area contributed by atoms with E-state index < -0.39 is 0 Å². The van der Waals surface area contributed by atoms with Crippen molar-refractivity contribution in [2.75, 3.05) is 6.54 Å². The summed E-state index contributed by atoms with van der Waals surface area (Å²) in [6.45, 7) is 0.625. The van der Waals surface area contributed by atoms with Crippen LogP contribution in [0.25, 0.3) is 0 Å². The van der Waals surface area contributed by atoms with Crippen molar-refractivity contribution in [1.82, 2.24) is 10.7 Å². The Balaban J connectivity index is 1.56. The first-order valence-electron chi connectivity index (χ1n) is 7.49. The fourth-order valence-corrected chi connectivity index (χ4v) is 3.06. The van der Waals surface area contributed by atoms with Gasteiger partial charge in [0.1, 0.15) is 0 Å². The number of nitrogens with zero attached hydrogens (tertiary/aromatic N) is 1. The molecule has 0 saturated carbocycles. The second-order valence-corrected chi connectivity index (χ2v) is 6.29. The monoisotopic (exact) mass is 327 g/mol. The van der Waals surface area contributed by atoms with Crippen LogP contribution >= 0.6 is 11.3 Å². The second kappa shape index (κ2) is 7.19. The Morgan fingerprint density at radius 3 is 2.70 bits per heavy atom. The summed E-state index contributed by atoms with van der Waals surface area (Å²) in [6.07, 6.45) is 1.92. The van der Waals surface area contributed by atoms with Gasteiger partial charge in [0.25, 0.3) is 5.91 Å². The standard InChI is InChI=1S/C17H17N3O2S/c21-16-8-7-15(19-20-16)12-3-5-13(6-4-12)17(22)18-10-9-14-2-1-11-23-14/h1-6,11H,7-10H2,(H,18,22)(H,20,21). The SMILES string of the molecule is O=C1CCC(c2ccc(C(=O)NCCc3cccs3)cc2)=NN1. The lowest BCUT2D eigenvalue weighted by Gasteiger charge is -2.12. The molecule has 0 fully saturated rings. The Morgan fingerprint density at radius 2 is 2.04 bits per heavy atom. The van der Waals surface area contributed by atoms with E-state index in [9.17, 15) is 9.59 Å². The molecule has 3 rings (SSSR count). The highest BCUT2D eigenvalue weighted by molar-refractivity contribution is 7.09. The van der Waals surface area contributed by atoms with Crippen molar-refractivity contribution in [2.24, 2.45) is 5.10 Å². The quantitative estimate of drug-likeness (QED) is 0.885. The van der Waals surface area contributed by atoms with Gasteiger partial charge in [-0.2, -0.15) is 5.10 Å². The van der Waals surface area contributed by atoms with Gasteiger partial charge < -0.3 is 5.32 Å². The molecule has 2 amide bonds. The number of nitrogens with one attached hydrogen (secondary N) is 2. The number of hydrogen-bond donors (Lipinski definition) is 2. The van der Waals surface area contributed by atoms with Gasteiger partial charge in [-0.15, -0.1) is 11.3 Å². The summed E-state index contributed by atoms with van der Waals surface area (Å²) in [5, 5.41) is 9.01. The summed E-state index contributed by atoms with van der Waals surface area (Å²) in [6, 6.07) is 11.4. The van der Waals surface area contributed by atoms with Crippen LogP contribution in [0.4, 0.5) is 0 Å². The molecule has 0 spiro atoms. The van der Waals surface area contributed by atoms with E-state index in [1.54, 1.807) is 23.5 Å². The highest BCUT2D eigenvalue weighted by atomic mass is 32.1. The van der Waals surface area contributed by atoms with Crippen molar-refractivity contribution in [1.29, 1.82) is 0 Å². The Morgan fingerprint density at radius 1 is 1.22 bits per heavy atom. The van der Waals surface area contributed by atoms with Gasteiger partial charge in [0.15, 0.2) is 0 Å². The molecule has 6 heteroatoms. The summed E-state index contributed by atoms with van der Waals surface area (Å²) in [5.74, 6) is -0.137. The first kappa shape index (κ1) is 15.4. The Labute approximate surface area is 138 Å². The van der Waals surface area contributed by atoms with Gasteiger partial charge >= 0.3 is 0 Å². The van der Waals surface area contributed by atoms with E-state index in [-0.39, 0.29) is 11.8 Å². The van der Waals surface area contributed by atoms with Gasteiger partial charge in [-0.05, 0) is 35.6 Å². The van der Waals surface area contributed by atoms with Crippen molar-refractivity contribution in [3.8, 4) is 0 Å².